The highest BCUT2D eigenvalue weighted by atomic mass is 35.5. The first-order valence-electron chi connectivity index (χ1n) is 10.4. The maximum absolute atomic E-state index is 13.3. The number of halogens is 1. The van der Waals surface area contributed by atoms with E-state index in [0.717, 1.165) is 29.8 Å². The van der Waals surface area contributed by atoms with Gasteiger partial charge in [0.05, 0.1) is 13.0 Å². The zero-order valence-corrected chi connectivity index (χ0v) is 18.7. The molecule has 5 heteroatoms. The fraction of sp³-hybridized carbons (Fsp3) is 0.231. The van der Waals surface area contributed by atoms with Gasteiger partial charge in [0.2, 0.25) is 5.91 Å². The molecule has 0 radical (unpaired) electrons. The molecule has 4 nitrogen and oxygen atoms in total. The Hall–Kier alpha value is -3.11. The van der Waals surface area contributed by atoms with Crippen LogP contribution in [0.5, 0.6) is 0 Å². The number of nitrogens with zero attached hydrogens (tertiary/aromatic N) is 2. The van der Waals surface area contributed by atoms with Crippen LogP contribution in [-0.4, -0.2) is 30.3 Å². The molecule has 0 aliphatic heterocycles. The van der Waals surface area contributed by atoms with E-state index in [0.29, 0.717) is 23.6 Å². The summed E-state index contributed by atoms with van der Waals surface area (Å²) in [5.74, 6) is -0.0139. The molecule has 0 atom stereocenters. The van der Waals surface area contributed by atoms with E-state index in [4.69, 9.17) is 11.6 Å². The van der Waals surface area contributed by atoms with E-state index < -0.39 is 0 Å². The smallest absolute Gasteiger partial charge is 0.258 e. The maximum atomic E-state index is 13.3. The average molecular weight is 435 g/mol. The maximum Gasteiger partial charge on any atom is 0.258 e. The van der Waals surface area contributed by atoms with Gasteiger partial charge in [-0.15, -0.1) is 0 Å². The van der Waals surface area contributed by atoms with Crippen LogP contribution in [0.15, 0.2) is 78.9 Å². The third-order valence-corrected chi connectivity index (χ3v) is 5.36. The van der Waals surface area contributed by atoms with Gasteiger partial charge in [0.1, 0.15) is 0 Å². The summed E-state index contributed by atoms with van der Waals surface area (Å²) >= 11 is 5.99. The van der Waals surface area contributed by atoms with Crippen LogP contribution in [0.4, 0.5) is 5.69 Å². The summed E-state index contributed by atoms with van der Waals surface area (Å²) in [6.45, 7) is 3.24. The molecular formula is C26H27ClN2O2. The van der Waals surface area contributed by atoms with Gasteiger partial charge in [0, 0.05) is 29.9 Å². The Bertz CT molecular complexity index is 1000. The first-order valence-corrected chi connectivity index (χ1v) is 10.8. The van der Waals surface area contributed by atoms with Crippen molar-refractivity contribution in [2.45, 2.75) is 26.3 Å². The Labute approximate surface area is 189 Å². The molecular weight excluding hydrogens is 408 g/mol. The Morgan fingerprint density at radius 3 is 2.10 bits per heavy atom. The van der Waals surface area contributed by atoms with Crippen LogP contribution in [-0.2, 0) is 17.8 Å². The minimum Gasteiger partial charge on any atom is -0.345 e. The van der Waals surface area contributed by atoms with E-state index >= 15 is 0 Å². The molecule has 3 aromatic carbocycles. The van der Waals surface area contributed by atoms with Crippen molar-refractivity contribution in [2.24, 2.45) is 0 Å². The quantitative estimate of drug-likeness (QED) is 0.463. The molecule has 0 N–H and O–H groups in total. The van der Waals surface area contributed by atoms with Crippen molar-refractivity contribution < 1.29 is 9.59 Å². The molecule has 0 spiro atoms. The minimum atomic E-state index is -0.105. The number of carbonyl (C=O) groups excluding carboxylic acids is 2. The lowest BCUT2D eigenvalue weighted by Gasteiger charge is -2.24. The fourth-order valence-electron chi connectivity index (χ4n) is 3.36. The molecule has 160 valence electrons. The highest BCUT2D eigenvalue weighted by Gasteiger charge is 2.19. The van der Waals surface area contributed by atoms with Gasteiger partial charge < -0.3 is 9.80 Å². The lowest BCUT2D eigenvalue weighted by atomic mass is 10.1. The number of amides is 2. The van der Waals surface area contributed by atoms with Crippen LogP contribution in [0.2, 0.25) is 5.02 Å². The van der Waals surface area contributed by atoms with Gasteiger partial charge in [-0.3, -0.25) is 9.59 Å². The van der Waals surface area contributed by atoms with Gasteiger partial charge in [0.15, 0.2) is 0 Å². The van der Waals surface area contributed by atoms with Crippen molar-refractivity contribution in [2.75, 3.05) is 18.5 Å². The monoisotopic (exact) mass is 434 g/mol. The molecule has 0 aliphatic rings. The highest BCUT2D eigenvalue weighted by Crippen LogP contribution is 2.22. The molecule has 0 aromatic heterocycles. The Balaban J connectivity index is 1.84. The summed E-state index contributed by atoms with van der Waals surface area (Å²) in [5.41, 5.74) is 3.31. The van der Waals surface area contributed by atoms with Gasteiger partial charge in [-0.1, -0.05) is 61.0 Å². The number of likely N-dealkylation sites (N-methyl/N-ethyl adjacent to an activating group) is 1. The van der Waals surface area contributed by atoms with Gasteiger partial charge in [0.25, 0.3) is 5.91 Å². The standard InChI is InChI=1S/C26H27ClN2O2/c1-3-17-28(2)25(30)18-20-9-15-24(16-10-20)29(19-21-7-5-4-6-8-21)26(31)22-11-13-23(27)14-12-22/h4-16H,3,17-19H2,1-2H3. The van der Waals surface area contributed by atoms with Crippen molar-refractivity contribution in [3.05, 3.63) is 101 Å². The summed E-state index contributed by atoms with van der Waals surface area (Å²) in [5, 5.41) is 0.591. The molecule has 0 aliphatic carbocycles. The van der Waals surface area contributed by atoms with Crippen LogP contribution in [0.1, 0.15) is 34.8 Å². The van der Waals surface area contributed by atoms with E-state index in [1.807, 2.05) is 61.6 Å². The number of rotatable bonds is 8. The van der Waals surface area contributed by atoms with E-state index in [-0.39, 0.29) is 11.8 Å². The molecule has 0 heterocycles. The molecule has 2 amide bonds. The van der Waals surface area contributed by atoms with E-state index in [2.05, 4.69) is 6.92 Å². The summed E-state index contributed by atoms with van der Waals surface area (Å²) in [4.78, 5) is 29.1. The Morgan fingerprint density at radius 2 is 1.48 bits per heavy atom. The van der Waals surface area contributed by atoms with E-state index in [1.54, 1.807) is 34.1 Å². The Morgan fingerprint density at radius 1 is 0.839 bits per heavy atom. The second-order valence-corrected chi connectivity index (χ2v) is 7.98. The van der Waals surface area contributed by atoms with E-state index in [1.165, 1.54) is 0 Å². The lowest BCUT2D eigenvalue weighted by Crippen LogP contribution is -2.30. The van der Waals surface area contributed by atoms with Crippen LogP contribution in [0, 0.1) is 0 Å². The number of hydrogen-bond acceptors (Lipinski definition) is 2. The minimum absolute atomic E-state index is 0.0907. The topological polar surface area (TPSA) is 40.6 Å². The second-order valence-electron chi connectivity index (χ2n) is 7.54. The zero-order chi connectivity index (χ0) is 22.2. The van der Waals surface area contributed by atoms with Gasteiger partial charge in [-0.2, -0.15) is 0 Å². The number of benzene rings is 3. The molecule has 0 saturated heterocycles. The van der Waals surface area contributed by atoms with Crippen molar-refractivity contribution in [3.8, 4) is 0 Å². The zero-order valence-electron chi connectivity index (χ0n) is 17.9. The first-order chi connectivity index (χ1) is 15.0. The number of hydrogen-bond donors (Lipinski definition) is 0. The highest BCUT2D eigenvalue weighted by molar-refractivity contribution is 6.30. The third kappa shape index (κ3) is 6.19. The molecule has 3 aromatic rings. The molecule has 3 rings (SSSR count). The van der Waals surface area contributed by atoms with Crippen LogP contribution in [0.25, 0.3) is 0 Å². The summed E-state index contributed by atoms with van der Waals surface area (Å²) in [6.07, 6.45) is 1.28. The molecule has 0 bridgehead atoms. The number of carbonyl (C=O) groups is 2. The van der Waals surface area contributed by atoms with Crippen molar-refractivity contribution in [1.29, 1.82) is 0 Å². The molecule has 0 fully saturated rings. The molecule has 0 unspecified atom stereocenters. The largest absolute Gasteiger partial charge is 0.345 e. The van der Waals surface area contributed by atoms with Gasteiger partial charge in [-0.05, 0) is 53.9 Å². The Kier molecular flexibility index (Phi) is 7.85. The first kappa shape index (κ1) is 22.6. The average Bonchev–Trinajstić information content (AvgIpc) is 2.79. The lowest BCUT2D eigenvalue weighted by molar-refractivity contribution is -0.129. The normalized spacial score (nSPS) is 10.5. The van der Waals surface area contributed by atoms with Gasteiger partial charge >= 0.3 is 0 Å². The van der Waals surface area contributed by atoms with Crippen molar-refractivity contribution in [3.63, 3.8) is 0 Å². The predicted molar refractivity (Wildman–Crippen MR) is 126 cm³/mol. The van der Waals surface area contributed by atoms with Crippen LogP contribution in [0.3, 0.4) is 0 Å². The van der Waals surface area contributed by atoms with E-state index in [9.17, 15) is 9.59 Å². The van der Waals surface area contributed by atoms with Crippen molar-refractivity contribution in [1.82, 2.24) is 4.90 Å². The second kappa shape index (κ2) is 10.8. The third-order valence-electron chi connectivity index (χ3n) is 5.11. The summed E-state index contributed by atoms with van der Waals surface area (Å²) in [6, 6.07) is 24.4. The SMILES string of the molecule is CCCN(C)C(=O)Cc1ccc(N(Cc2ccccc2)C(=O)c2ccc(Cl)cc2)cc1. The molecule has 31 heavy (non-hydrogen) atoms. The predicted octanol–water partition coefficient (Wildman–Crippen LogP) is 5.60. The summed E-state index contributed by atoms with van der Waals surface area (Å²) in [7, 11) is 1.83. The molecule has 0 saturated carbocycles. The van der Waals surface area contributed by atoms with Crippen molar-refractivity contribution >= 4 is 29.1 Å². The fourth-order valence-corrected chi connectivity index (χ4v) is 3.48. The van der Waals surface area contributed by atoms with Gasteiger partial charge in [-0.25, -0.2) is 0 Å². The van der Waals surface area contributed by atoms with Crippen LogP contribution < -0.4 is 4.90 Å². The number of anilines is 1. The van der Waals surface area contributed by atoms with Crippen LogP contribution >= 0.6 is 11.6 Å². The summed E-state index contributed by atoms with van der Waals surface area (Å²) < 4.78 is 0.